The highest BCUT2D eigenvalue weighted by Crippen LogP contribution is 2.28. The molecule has 1 saturated heterocycles. The van der Waals surface area contributed by atoms with E-state index in [1.54, 1.807) is 26.3 Å². The molecule has 27 heavy (non-hydrogen) atoms. The van der Waals surface area contributed by atoms with Crippen LogP contribution in [0.4, 0.5) is 0 Å². The third-order valence-corrected chi connectivity index (χ3v) is 7.27. The predicted octanol–water partition coefficient (Wildman–Crippen LogP) is 1.46. The summed E-state index contributed by atoms with van der Waals surface area (Å²) in [6.45, 7) is 6.50. The molecule has 0 aromatic heterocycles. The fourth-order valence-corrected chi connectivity index (χ4v) is 4.66. The molecule has 0 saturated carbocycles. The van der Waals surface area contributed by atoms with Gasteiger partial charge in [-0.1, -0.05) is 6.07 Å². The van der Waals surface area contributed by atoms with E-state index in [0.717, 1.165) is 25.9 Å². The molecular weight excluding hydrogens is 366 g/mol. The number of ether oxygens (including phenoxy) is 1. The Bertz CT molecular complexity index is 738. The Hall–Kier alpha value is -1.48. The van der Waals surface area contributed by atoms with E-state index in [0.29, 0.717) is 18.7 Å². The smallest absolute Gasteiger partial charge is 0.251 e. The molecule has 1 aromatic carbocycles. The summed E-state index contributed by atoms with van der Waals surface area (Å²) in [5.74, 6) is -0.270. The van der Waals surface area contributed by atoms with Crippen molar-refractivity contribution in [1.82, 2.24) is 14.9 Å². The third-order valence-electron chi connectivity index (χ3n) is 5.24. The van der Waals surface area contributed by atoms with Gasteiger partial charge in [-0.05, 0) is 58.0 Å². The van der Waals surface area contributed by atoms with Gasteiger partial charge in [0.05, 0.1) is 11.5 Å². The van der Waals surface area contributed by atoms with E-state index in [9.17, 15) is 13.2 Å². The number of carbonyl (C=O) groups excluding carboxylic acids is 1. The predicted molar refractivity (Wildman–Crippen MR) is 105 cm³/mol. The standard InChI is InChI=1S/C19H31N3O4S/c1-15(2)22(3)27(24,25)17-7-5-6-16(12-17)18(23)21-13-19(14-26-4)8-10-20-11-9-19/h5-7,12,15,20H,8-11,13-14H2,1-4H3,(H,21,23). The minimum absolute atomic E-state index is 0.0861. The lowest BCUT2D eigenvalue weighted by Crippen LogP contribution is -2.47. The molecule has 1 amide bonds. The first-order valence-corrected chi connectivity index (χ1v) is 10.7. The van der Waals surface area contributed by atoms with Gasteiger partial charge < -0.3 is 15.4 Å². The van der Waals surface area contributed by atoms with Crippen molar-refractivity contribution in [2.75, 3.05) is 40.4 Å². The Morgan fingerprint density at radius 2 is 2.00 bits per heavy atom. The van der Waals surface area contributed by atoms with E-state index in [1.165, 1.54) is 16.4 Å². The quantitative estimate of drug-likeness (QED) is 0.693. The molecule has 1 aromatic rings. The van der Waals surface area contributed by atoms with Crippen LogP contribution in [-0.4, -0.2) is 65.1 Å². The maximum atomic E-state index is 12.7. The fraction of sp³-hybridized carbons (Fsp3) is 0.632. The van der Waals surface area contributed by atoms with Gasteiger partial charge in [0.15, 0.2) is 0 Å². The number of carbonyl (C=O) groups is 1. The van der Waals surface area contributed by atoms with Crippen LogP contribution in [0.5, 0.6) is 0 Å². The number of nitrogens with one attached hydrogen (secondary N) is 2. The lowest BCUT2D eigenvalue weighted by atomic mass is 9.79. The van der Waals surface area contributed by atoms with Gasteiger partial charge >= 0.3 is 0 Å². The molecule has 1 aliphatic rings. The van der Waals surface area contributed by atoms with Crippen molar-refractivity contribution >= 4 is 15.9 Å². The molecule has 0 spiro atoms. The second-order valence-electron chi connectivity index (χ2n) is 7.51. The number of methoxy groups -OCH3 is 1. The number of piperidine rings is 1. The van der Waals surface area contributed by atoms with E-state index >= 15 is 0 Å². The lowest BCUT2D eigenvalue weighted by Gasteiger charge is -2.37. The summed E-state index contributed by atoms with van der Waals surface area (Å²) in [4.78, 5) is 12.8. The van der Waals surface area contributed by atoms with Crippen LogP contribution in [0.1, 0.15) is 37.0 Å². The van der Waals surface area contributed by atoms with Crippen molar-refractivity contribution in [1.29, 1.82) is 0 Å². The van der Waals surface area contributed by atoms with E-state index in [-0.39, 0.29) is 22.3 Å². The van der Waals surface area contributed by atoms with Gasteiger partial charge in [0.25, 0.3) is 5.91 Å². The first-order valence-electron chi connectivity index (χ1n) is 9.28. The summed E-state index contributed by atoms with van der Waals surface area (Å²) in [5, 5.41) is 6.29. The molecule has 7 nitrogen and oxygen atoms in total. The zero-order valence-electron chi connectivity index (χ0n) is 16.6. The Morgan fingerprint density at radius 1 is 1.33 bits per heavy atom. The van der Waals surface area contributed by atoms with Crippen LogP contribution < -0.4 is 10.6 Å². The van der Waals surface area contributed by atoms with E-state index in [2.05, 4.69) is 10.6 Å². The Labute approximate surface area is 162 Å². The van der Waals surface area contributed by atoms with Crippen LogP contribution >= 0.6 is 0 Å². The second-order valence-corrected chi connectivity index (χ2v) is 9.51. The van der Waals surface area contributed by atoms with Crippen LogP contribution in [0.2, 0.25) is 0 Å². The number of hydrogen-bond acceptors (Lipinski definition) is 5. The summed E-state index contributed by atoms with van der Waals surface area (Å²) in [6, 6.07) is 6.03. The van der Waals surface area contributed by atoms with Crippen molar-refractivity contribution in [2.24, 2.45) is 5.41 Å². The maximum Gasteiger partial charge on any atom is 0.251 e. The highest BCUT2D eigenvalue weighted by atomic mass is 32.2. The number of benzene rings is 1. The van der Waals surface area contributed by atoms with Gasteiger partial charge in [-0.3, -0.25) is 4.79 Å². The van der Waals surface area contributed by atoms with Crippen molar-refractivity contribution in [3.8, 4) is 0 Å². The molecule has 2 rings (SSSR count). The number of sulfonamides is 1. The highest BCUT2D eigenvalue weighted by Gasteiger charge is 2.32. The van der Waals surface area contributed by atoms with E-state index < -0.39 is 10.0 Å². The monoisotopic (exact) mass is 397 g/mol. The van der Waals surface area contributed by atoms with Gasteiger partial charge in [0, 0.05) is 37.7 Å². The van der Waals surface area contributed by atoms with Crippen LogP contribution in [0.3, 0.4) is 0 Å². The fourth-order valence-electron chi connectivity index (χ4n) is 3.25. The van der Waals surface area contributed by atoms with Crippen LogP contribution in [0, 0.1) is 5.41 Å². The number of amides is 1. The molecule has 0 aliphatic carbocycles. The van der Waals surface area contributed by atoms with Crippen LogP contribution in [-0.2, 0) is 14.8 Å². The van der Waals surface area contributed by atoms with Gasteiger partial charge in [-0.15, -0.1) is 0 Å². The number of nitrogens with zero attached hydrogens (tertiary/aromatic N) is 1. The molecule has 1 aliphatic heterocycles. The average Bonchev–Trinajstić information content (AvgIpc) is 2.66. The molecule has 2 N–H and O–H groups in total. The molecule has 8 heteroatoms. The zero-order chi connectivity index (χ0) is 20.1. The summed E-state index contributed by atoms with van der Waals surface area (Å²) in [6.07, 6.45) is 1.85. The molecule has 0 atom stereocenters. The highest BCUT2D eigenvalue weighted by molar-refractivity contribution is 7.89. The first kappa shape index (κ1) is 21.8. The topological polar surface area (TPSA) is 87.7 Å². The summed E-state index contributed by atoms with van der Waals surface area (Å²) in [5.41, 5.74) is 0.256. The number of hydrogen-bond donors (Lipinski definition) is 2. The zero-order valence-corrected chi connectivity index (χ0v) is 17.4. The van der Waals surface area contributed by atoms with Crippen LogP contribution in [0.25, 0.3) is 0 Å². The Kier molecular flexibility index (Phi) is 7.39. The van der Waals surface area contributed by atoms with Gasteiger partial charge in [-0.25, -0.2) is 8.42 Å². The van der Waals surface area contributed by atoms with Crippen molar-refractivity contribution in [3.63, 3.8) is 0 Å². The molecule has 1 fully saturated rings. The van der Waals surface area contributed by atoms with Gasteiger partial charge in [0.2, 0.25) is 10.0 Å². The molecular formula is C19H31N3O4S. The maximum absolute atomic E-state index is 12.7. The summed E-state index contributed by atoms with van der Waals surface area (Å²) in [7, 11) is -0.413. The molecule has 0 bridgehead atoms. The molecule has 0 unspecified atom stereocenters. The first-order chi connectivity index (χ1) is 12.7. The van der Waals surface area contributed by atoms with Crippen LogP contribution in [0.15, 0.2) is 29.2 Å². The number of rotatable bonds is 8. The summed E-state index contributed by atoms with van der Waals surface area (Å²) < 4.78 is 32.0. The largest absolute Gasteiger partial charge is 0.384 e. The minimum atomic E-state index is -3.63. The third kappa shape index (κ3) is 5.28. The lowest BCUT2D eigenvalue weighted by molar-refractivity contribution is 0.0511. The average molecular weight is 398 g/mol. The molecule has 0 radical (unpaired) electrons. The normalized spacial score (nSPS) is 17.3. The van der Waals surface area contributed by atoms with Crippen molar-refractivity contribution in [2.45, 2.75) is 37.6 Å². The minimum Gasteiger partial charge on any atom is -0.384 e. The molecule has 152 valence electrons. The van der Waals surface area contributed by atoms with E-state index in [4.69, 9.17) is 4.74 Å². The van der Waals surface area contributed by atoms with Gasteiger partial charge in [-0.2, -0.15) is 4.31 Å². The second kappa shape index (κ2) is 9.14. The Morgan fingerprint density at radius 3 is 2.59 bits per heavy atom. The summed E-state index contributed by atoms with van der Waals surface area (Å²) >= 11 is 0. The van der Waals surface area contributed by atoms with Crippen molar-refractivity contribution in [3.05, 3.63) is 29.8 Å². The van der Waals surface area contributed by atoms with Crippen molar-refractivity contribution < 1.29 is 17.9 Å². The van der Waals surface area contributed by atoms with Gasteiger partial charge in [0.1, 0.15) is 0 Å². The SMILES string of the molecule is COCC1(CNC(=O)c2cccc(S(=O)(=O)N(C)C(C)C)c2)CCNCC1. The Balaban J connectivity index is 2.13. The molecule has 1 heterocycles. The van der Waals surface area contributed by atoms with E-state index in [1.807, 2.05) is 13.8 Å².